The average Bonchev–Trinajstić information content (AvgIpc) is 1.99. The second-order valence-corrected chi connectivity index (χ2v) is 7.22. The molecule has 0 aliphatic carbocycles. The molecule has 0 rings (SSSR count). The summed E-state index contributed by atoms with van der Waals surface area (Å²) in [6, 6.07) is 0. The van der Waals surface area contributed by atoms with E-state index in [-0.39, 0.29) is 17.6 Å². The zero-order valence-electron chi connectivity index (χ0n) is 9.78. The van der Waals surface area contributed by atoms with Crippen molar-refractivity contribution < 1.29 is 18.3 Å². The van der Waals surface area contributed by atoms with Gasteiger partial charge >= 0.3 is 5.97 Å². The Kier molecular flexibility index (Phi) is 4.77. The summed E-state index contributed by atoms with van der Waals surface area (Å²) in [5.41, 5.74) is -0.0934. The topological polar surface area (TPSA) is 71.4 Å². The molecule has 0 saturated carbocycles. The van der Waals surface area contributed by atoms with Gasteiger partial charge in [0, 0.05) is 0 Å². The fraction of sp³-hybridized carbons (Fsp3) is 0.900. The van der Waals surface area contributed by atoms with Crippen LogP contribution < -0.4 is 0 Å². The van der Waals surface area contributed by atoms with E-state index in [0.717, 1.165) is 0 Å². The zero-order valence-corrected chi connectivity index (χ0v) is 10.6. The summed E-state index contributed by atoms with van der Waals surface area (Å²) >= 11 is 0. The summed E-state index contributed by atoms with van der Waals surface area (Å²) in [5.74, 6) is -1.30. The summed E-state index contributed by atoms with van der Waals surface area (Å²) in [5, 5.41) is 7.51. The van der Waals surface area contributed by atoms with Gasteiger partial charge in [0.05, 0.1) is 5.75 Å². The maximum absolute atomic E-state index is 11.7. The third kappa shape index (κ3) is 5.16. The molecule has 0 aromatic carbocycles. The molecule has 0 aliphatic heterocycles. The standard InChI is InChI=1S/C10H20O4S/c1-5-8(9(11)12)15(13,14)7-6-10(2,3)4/h8H,5-7H2,1-4H3,(H,11,12). The maximum atomic E-state index is 11.7. The molecule has 5 heteroatoms. The first kappa shape index (κ1) is 14.4. The average molecular weight is 236 g/mol. The molecular formula is C10H20O4S. The van der Waals surface area contributed by atoms with E-state index in [1.165, 1.54) is 0 Å². The molecule has 0 bridgehead atoms. The highest BCUT2D eigenvalue weighted by Crippen LogP contribution is 2.21. The first-order valence-electron chi connectivity index (χ1n) is 5.04. The van der Waals surface area contributed by atoms with Crippen LogP contribution in [0.2, 0.25) is 0 Å². The molecule has 1 N–H and O–H groups in total. The Balaban J connectivity index is 4.62. The largest absolute Gasteiger partial charge is 0.480 e. The molecule has 0 saturated heterocycles. The first-order chi connectivity index (χ1) is 6.60. The quantitative estimate of drug-likeness (QED) is 0.788. The van der Waals surface area contributed by atoms with Crippen molar-refractivity contribution in [2.45, 2.75) is 45.8 Å². The van der Waals surface area contributed by atoms with Crippen molar-refractivity contribution in [2.75, 3.05) is 5.75 Å². The summed E-state index contributed by atoms with van der Waals surface area (Å²) in [6.07, 6.45) is 0.612. The summed E-state index contributed by atoms with van der Waals surface area (Å²) < 4.78 is 23.3. The van der Waals surface area contributed by atoms with Crippen LogP contribution in [0.25, 0.3) is 0 Å². The molecule has 0 aromatic rings. The molecule has 0 aliphatic rings. The lowest BCUT2D eigenvalue weighted by Gasteiger charge is -2.19. The van der Waals surface area contributed by atoms with Crippen molar-refractivity contribution in [2.24, 2.45) is 5.41 Å². The van der Waals surface area contributed by atoms with Crippen LogP contribution >= 0.6 is 0 Å². The van der Waals surface area contributed by atoms with Gasteiger partial charge in [-0.15, -0.1) is 0 Å². The molecule has 0 aromatic heterocycles. The van der Waals surface area contributed by atoms with Crippen LogP contribution in [-0.2, 0) is 14.6 Å². The highest BCUT2D eigenvalue weighted by molar-refractivity contribution is 7.92. The fourth-order valence-corrected chi connectivity index (χ4v) is 3.17. The number of sulfone groups is 1. The van der Waals surface area contributed by atoms with E-state index in [1.54, 1.807) is 6.92 Å². The van der Waals surface area contributed by atoms with E-state index in [1.807, 2.05) is 20.8 Å². The molecule has 0 heterocycles. The maximum Gasteiger partial charge on any atom is 0.321 e. The number of rotatable bonds is 5. The number of carboxylic acid groups (broad SMARTS) is 1. The van der Waals surface area contributed by atoms with Crippen LogP contribution in [0.4, 0.5) is 0 Å². The Morgan fingerprint density at radius 3 is 2.07 bits per heavy atom. The van der Waals surface area contributed by atoms with Gasteiger partial charge in [-0.25, -0.2) is 8.42 Å². The normalized spacial score (nSPS) is 14.9. The minimum atomic E-state index is -3.50. The number of carboxylic acids is 1. The van der Waals surface area contributed by atoms with Crippen molar-refractivity contribution >= 4 is 15.8 Å². The Labute approximate surface area is 91.6 Å². The molecule has 15 heavy (non-hydrogen) atoms. The van der Waals surface area contributed by atoms with Gasteiger partial charge in [0.1, 0.15) is 0 Å². The van der Waals surface area contributed by atoms with Crippen LogP contribution in [0.3, 0.4) is 0 Å². The number of hydrogen-bond donors (Lipinski definition) is 1. The minimum Gasteiger partial charge on any atom is -0.480 e. The van der Waals surface area contributed by atoms with E-state index >= 15 is 0 Å². The fourth-order valence-electron chi connectivity index (χ4n) is 1.17. The summed E-state index contributed by atoms with van der Waals surface area (Å²) in [6.45, 7) is 7.38. The van der Waals surface area contributed by atoms with Gasteiger partial charge in [-0.3, -0.25) is 4.79 Å². The first-order valence-corrected chi connectivity index (χ1v) is 6.76. The molecule has 0 fully saturated rings. The van der Waals surface area contributed by atoms with Crippen molar-refractivity contribution in [1.82, 2.24) is 0 Å². The van der Waals surface area contributed by atoms with Gasteiger partial charge < -0.3 is 5.11 Å². The summed E-state index contributed by atoms with van der Waals surface area (Å²) in [4.78, 5) is 10.7. The Morgan fingerprint density at radius 1 is 1.33 bits per heavy atom. The lowest BCUT2D eigenvalue weighted by molar-refractivity contribution is -0.136. The van der Waals surface area contributed by atoms with Crippen LogP contribution in [0, 0.1) is 5.41 Å². The molecule has 1 unspecified atom stereocenters. The van der Waals surface area contributed by atoms with Crippen molar-refractivity contribution in [1.29, 1.82) is 0 Å². The Bertz CT molecular complexity index is 311. The lowest BCUT2D eigenvalue weighted by Crippen LogP contribution is -2.32. The predicted octanol–water partition coefficient (Wildman–Crippen LogP) is 1.70. The molecule has 0 amide bonds. The van der Waals surface area contributed by atoms with E-state index in [0.29, 0.717) is 6.42 Å². The van der Waals surface area contributed by atoms with Gasteiger partial charge in [0.2, 0.25) is 0 Å². The van der Waals surface area contributed by atoms with Crippen LogP contribution in [0.5, 0.6) is 0 Å². The molecule has 0 radical (unpaired) electrons. The smallest absolute Gasteiger partial charge is 0.321 e. The van der Waals surface area contributed by atoms with E-state index in [2.05, 4.69) is 0 Å². The third-order valence-corrected chi connectivity index (χ3v) is 4.39. The van der Waals surface area contributed by atoms with Crippen LogP contribution in [-0.4, -0.2) is 30.5 Å². The summed E-state index contributed by atoms with van der Waals surface area (Å²) in [7, 11) is -3.50. The van der Waals surface area contributed by atoms with Crippen molar-refractivity contribution in [3.05, 3.63) is 0 Å². The monoisotopic (exact) mass is 236 g/mol. The Morgan fingerprint density at radius 2 is 1.80 bits per heavy atom. The zero-order chi connectivity index (χ0) is 12.3. The van der Waals surface area contributed by atoms with E-state index in [9.17, 15) is 13.2 Å². The van der Waals surface area contributed by atoms with Gasteiger partial charge in [-0.1, -0.05) is 27.7 Å². The van der Waals surface area contributed by atoms with Gasteiger partial charge in [-0.05, 0) is 18.3 Å². The lowest BCUT2D eigenvalue weighted by atomic mass is 9.94. The van der Waals surface area contributed by atoms with Crippen molar-refractivity contribution in [3.63, 3.8) is 0 Å². The van der Waals surface area contributed by atoms with E-state index in [4.69, 9.17) is 5.11 Å². The second kappa shape index (κ2) is 4.96. The molecule has 4 nitrogen and oxygen atoms in total. The SMILES string of the molecule is CCC(C(=O)O)S(=O)(=O)CCC(C)(C)C. The molecule has 0 spiro atoms. The number of aliphatic carboxylic acids is 1. The van der Waals surface area contributed by atoms with Crippen LogP contribution in [0.15, 0.2) is 0 Å². The number of hydrogen-bond acceptors (Lipinski definition) is 3. The molecular weight excluding hydrogens is 216 g/mol. The molecule has 1 atom stereocenters. The molecule has 90 valence electrons. The Hall–Kier alpha value is -0.580. The van der Waals surface area contributed by atoms with E-state index < -0.39 is 21.1 Å². The second-order valence-electron chi connectivity index (χ2n) is 4.91. The highest BCUT2D eigenvalue weighted by Gasteiger charge is 2.31. The minimum absolute atomic E-state index is 0.0543. The van der Waals surface area contributed by atoms with Gasteiger partial charge in [0.25, 0.3) is 0 Å². The van der Waals surface area contributed by atoms with Crippen LogP contribution in [0.1, 0.15) is 40.5 Å². The highest BCUT2D eigenvalue weighted by atomic mass is 32.2. The predicted molar refractivity (Wildman–Crippen MR) is 59.6 cm³/mol. The number of carbonyl (C=O) groups is 1. The van der Waals surface area contributed by atoms with Gasteiger partial charge in [-0.2, -0.15) is 0 Å². The third-order valence-electron chi connectivity index (χ3n) is 2.22. The van der Waals surface area contributed by atoms with Crippen molar-refractivity contribution in [3.8, 4) is 0 Å². The van der Waals surface area contributed by atoms with Gasteiger partial charge in [0.15, 0.2) is 15.1 Å².